The summed E-state index contributed by atoms with van der Waals surface area (Å²) in [5.41, 5.74) is 2.31. The van der Waals surface area contributed by atoms with Crippen LogP contribution in [0.4, 0.5) is 11.6 Å². The van der Waals surface area contributed by atoms with E-state index in [1.807, 2.05) is 16.0 Å². The van der Waals surface area contributed by atoms with Crippen molar-refractivity contribution in [3.8, 4) is 22.6 Å². The van der Waals surface area contributed by atoms with Crippen molar-refractivity contribution in [3.63, 3.8) is 0 Å². The summed E-state index contributed by atoms with van der Waals surface area (Å²) < 4.78 is 29.3. The van der Waals surface area contributed by atoms with Crippen molar-refractivity contribution in [3.05, 3.63) is 87.5 Å². The summed E-state index contributed by atoms with van der Waals surface area (Å²) in [5, 5.41) is 16.6. The Balaban J connectivity index is 1.36. The predicted octanol–water partition coefficient (Wildman–Crippen LogP) is 4.47. The first-order valence-electron chi connectivity index (χ1n) is 10.8. The fraction of sp³-hybridized carbons (Fsp3) is 0.0870. The smallest absolute Gasteiger partial charge is 0.270 e. The van der Waals surface area contributed by atoms with Crippen LogP contribution in [-0.4, -0.2) is 45.8 Å². The normalized spacial score (nSPS) is 11.6. The van der Waals surface area contributed by atoms with Crippen molar-refractivity contribution in [2.24, 2.45) is 0 Å². The quantitative estimate of drug-likeness (QED) is 0.154. The van der Waals surface area contributed by atoms with Crippen LogP contribution in [0.3, 0.4) is 0 Å². The Morgan fingerprint density at radius 2 is 1.89 bits per heavy atom. The molecule has 0 unspecified atom stereocenters. The standard InChI is InChI=1S/C23H18ClN7O4S2/c24-16-4-6-18(7-5-16)37(34,35)27-11-10-26-22-25-9-8-19(28-22)21-20(29-23-30(21)12-13-36-23)15-2-1-3-17(14-15)31(32)33/h1-9,12-14,27H,10-11H2,(H,25,26,28). The zero-order chi connectivity index (χ0) is 26.0. The summed E-state index contributed by atoms with van der Waals surface area (Å²) in [4.78, 5) is 25.2. The number of rotatable bonds is 9. The lowest BCUT2D eigenvalue weighted by atomic mass is 10.1. The molecule has 5 aromatic rings. The summed E-state index contributed by atoms with van der Waals surface area (Å²) in [6.45, 7) is 0.327. The molecule has 2 N–H and O–H groups in total. The zero-order valence-electron chi connectivity index (χ0n) is 18.9. The van der Waals surface area contributed by atoms with Gasteiger partial charge in [0.1, 0.15) is 11.4 Å². The van der Waals surface area contributed by atoms with Crippen molar-refractivity contribution in [1.82, 2.24) is 24.1 Å². The maximum atomic E-state index is 12.4. The molecular formula is C23H18ClN7O4S2. The second-order valence-corrected chi connectivity index (χ2v) is 10.8. The summed E-state index contributed by atoms with van der Waals surface area (Å²) in [6, 6.07) is 13.9. The van der Waals surface area contributed by atoms with Crippen LogP contribution in [0.1, 0.15) is 0 Å². The van der Waals surface area contributed by atoms with E-state index in [2.05, 4.69) is 25.0 Å². The lowest BCUT2D eigenvalue weighted by Gasteiger charge is -2.09. The van der Waals surface area contributed by atoms with Crippen LogP contribution in [-0.2, 0) is 10.0 Å². The van der Waals surface area contributed by atoms with E-state index in [0.29, 0.717) is 38.6 Å². The molecule has 0 radical (unpaired) electrons. The molecule has 0 atom stereocenters. The lowest BCUT2D eigenvalue weighted by Crippen LogP contribution is -2.29. The molecule has 0 aliphatic heterocycles. The monoisotopic (exact) mass is 555 g/mol. The molecule has 0 saturated carbocycles. The number of fused-ring (bicyclic) bond motifs is 1. The molecule has 0 bridgehead atoms. The van der Waals surface area contributed by atoms with Gasteiger partial charge >= 0.3 is 0 Å². The van der Waals surface area contributed by atoms with Gasteiger partial charge in [0, 0.05) is 53.6 Å². The largest absolute Gasteiger partial charge is 0.353 e. The number of hydrogen-bond acceptors (Lipinski definition) is 9. The van der Waals surface area contributed by atoms with E-state index >= 15 is 0 Å². The van der Waals surface area contributed by atoms with Gasteiger partial charge in [-0.1, -0.05) is 23.7 Å². The molecule has 188 valence electrons. The molecular weight excluding hydrogens is 538 g/mol. The van der Waals surface area contributed by atoms with E-state index in [9.17, 15) is 18.5 Å². The molecule has 0 aliphatic carbocycles. The minimum absolute atomic E-state index is 0.0362. The third-order valence-electron chi connectivity index (χ3n) is 5.31. The van der Waals surface area contributed by atoms with Gasteiger partial charge in [0.25, 0.3) is 5.69 Å². The Morgan fingerprint density at radius 1 is 1.08 bits per heavy atom. The van der Waals surface area contributed by atoms with Gasteiger partial charge in [0.05, 0.1) is 15.5 Å². The number of hydrogen-bond donors (Lipinski definition) is 2. The fourth-order valence-corrected chi connectivity index (χ4v) is 5.50. The van der Waals surface area contributed by atoms with E-state index < -0.39 is 14.9 Å². The molecule has 3 aromatic heterocycles. The molecule has 3 heterocycles. The van der Waals surface area contributed by atoms with Gasteiger partial charge in [-0.05, 0) is 30.3 Å². The van der Waals surface area contributed by atoms with Crippen LogP contribution in [0.25, 0.3) is 27.6 Å². The van der Waals surface area contributed by atoms with Crippen molar-refractivity contribution < 1.29 is 13.3 Å². The van der Waals surface area contributed by atoms with Gasteiger partial charge in [0.15, 0.2) is 4.96 Å². The van der Waals surface area contributed by atoms with Crippen molar-refractivity contribution in [2.75, 3.05) is 18.4 Å². The zero-order valence-corrected chi connectivity index (χ0v) is 21.3. The molecule has 0 fully saturated rings. The summed E-state index contributed by atoms with van der Waals surface area (Å²) in [7, 11) is -3.69. The van der Waals surface area contributed by atoms with E-state index in [1.54, 1.807) is 24.4 Å². The number of nitro benzene ring substituents is 1. The first-order chi connectivity index (χ1) is 17.8. The molecule has 0 saturated heterocycles. The van der Waals surface area contributed by atoms with Gasteiger partial charge in [-0.15, -0.1) is 11.3 Å². The van der Waals surface area contributed by atoms with Crippen molar-refractivity contribution in [2.45, 2.75) is 4.90 Å². The highest BCUT2D eigenvalue weighted by Gasteiger charge is 2.20. The average Bonchev–Trinajstić information content (AvgIpc) is 3.49. The average molecular weight is 556 g/mol. The highest BCUT2D eigenvalue weighted by atomic mass is 35.5. The number of imidazole rings is 1. The topological polar surface area (TPSA) is 144 Å². The maximum absolute atomic E-state index is 12.4. The number of non-ortho nitro benzene ring substituents is 1. The van der Waals surface area contributed by atoms with Crippen molar-refractivity contribution >= 4 is 49.6 Å². The fourth-order valence-electron chi connectivity index (χ4n) is 3.63. The molecule has 37 heavy (non-hydrogen) atoms. The highest BCUT2D eigenvalue weighted by Crippen LogP contribution is 2.34. The Morgan fingerprint density at radius 3 is 2.68 bits per heavy atom. The number of aromatic nitrogens is 4. The Hall–Kier alpha value is -3.91. The van der Waals surface area contributed by atoms with Crippen LogP contribution in [0, 0.1) is 10.1 Å². The summed E-state index contributed by atoms with van der Waals surface area (Å²) >= 11 is 7.26. The lowest BCUT2D eigenvalue weighted by molar-refractivity contribution is -0.384. The van der Waals surface area contributed by atoms with E-state index in [4.69, 9.17) is 11.6 Å². The van der Waals surface area contributed by atoms with E-state index in [-0.39, 0.29) is 23.7 Å². The Bertz CT molecular complexity index is 1700. The van der Waals surface area contributed by atoms with Crippen LogP contribution in [0.5, 0.6) is 0 Å². The van der Waals surface area contributed by atoms with Crippen LogP contribution < -0.4 is 10.0 Å². The Kier molecular flexibility index (Phi) is 6.84. The molecule has 0 amide bonds. The minimum atomic E-state index is -3.69. The molecule has 0 spiro atoms. The highest BCUT2D eigenvalue weighted by molar-refractivity contribution is 7.89. The number of thiazole rings is 1. The Labute approximate surface area is 220 Å². The summed E-state index contributed by atoms with van der Waals surface area (Å²) in [6.07, 6.45) is 3.43. The summed E-state index contributed by atoms with van der Waals surface area (Å²) in [5.74, 6) is 0.290. The second-order valence-electron chi connectivity index (χ2n) is 7.72. The minimum Gasteiger partial charge on any atom is -0.353 e. The van der Waals surface area contributed by atoms with Gasteiger partial charge in [-0.3, -0.25) is 14.5 Å². The molecule has 0 aliphatic rings. The number of sulfonamides is 1. The van der Waals surface area contributed by atoms with Crippen LogP contribution >= 0.6 is 22.9 Å². The van der Waals surface area contributed by atoms with Gasteiger partial charge in [-0.2, -0.15) is 0 Å². The number of nitrogens with one attached hydrogen (secondary N) is 2. The van der Waals surface area contributed by atoms with Crippen molar-refractivity contribution in [1.29, 1.82) is 0 Å². The molecule has 14 heteroatoms. The van der Waals surface area contributed by atoms with Crippen LogP contribution in [0.2, 0.25) is 5.02 Å². The number of benzene rings is 2. The first kappa shape index (κ1) is 24.8. The van der Waals surface area contributed by atoms with Crippen LogP contribution in [0.15, 0.2) is 77.3 Å². The van der Waals surface area contributed by atoms with E-state index in [1.165, 1.54) is 47.7 Å². The molecule has 2 aromatic carbocycles. The van der Waals surface area contributed by atoms with Gasteiger partial charge in [0.2, 0.25) is 16.0 Å². The maximum Gasteiger partial charge on any atom is 0.270 e. The van der Waals surface area contributed by atoms with Gasteiger partial charge < -0.3 is 5.32 Å². The number of halogens is 1. The predicted molar refractivity (Wildman–Crippen MR) is 141 cm³/mol. The van der Waals surface area contributed by atoms with Gasteiger partial charge in [-0.25, -0.2) is 28.1 Å². The van der Waals surface area contributed by atoms with E-state index in [0.717, 1.165) is 0 Å². The third kappa shape index (κ3) is 5.29. The first-order valence-corrected chi connectivity index (χ1v) is 13.6. The second kappa shape index (κ2) is 10.2. The molecule has 11 nitrogen and oxygen atoms in total. The third-order valence-corrected chi connectivity index (χ3v) is 7.80. The SMILES string of the molecule is O=[N+]([O-])c1cccc(-c2nc3sccn3c2-c2ccnc(NCCNS(=O)(=O)c3ccc(Cl)cc3)n2)c1. The molecule has 5 rings (SSSR count). The number of anilines is 1. The number of nitro groups is 1. The number of nitrogens with zero attached hydrogens (tertiary/aromatic N) is 5.